The van der Waals surface area contributed by atoms with E-state index in [1.807, 2.05) is 6.92 Å². The van der Waals surface area contributed by atoms with Gasteiger partial charge in [0.2, 0.25) is 0 Å². The monoisotopic (exact) mass is 421 g/mol. The number of halogens is 3. The Labute approximate surface area is 158 Å². The van der Waals surface area contributed by atoms with E-state index in [0.29, 0.717) is 33.7 Å². The molecule has 0 saturated carbocycles. The molecule has 0 fully saturated rings. The van der Waals surface area contributed by atoms with E-state index >= 15 is 0 Å². The number of ether oxygens (including phenoxy) is 1. The number of rotatable bonds is 5. The lowest BCUT2D eigenvalue weighted by Crippen LogP contribution is -2.04. The Kier molecular flexibility index (Phi) is 5.27. The van der Waals surface area contributed by atoms with Gasteiger partial charge in [-0.1, -0.05) is 12.1 Å². The Balaban J connectivity index is 1.99. The molecule has 0 amide bonds. The molecule has 2 aromatic carbocycles. The topological polar surface area (TPSA) is 39.1 Å². The number of hydrogen-bond acceptors (Lipinski definition) is 3. The molecule has 1 heterocycles. The molecule has 7 heteroatoms. The Hall–Kier alpha value is -2.41. The lowest BCUT2D eigenvalue weighted by atomic mass is 10.0. The number of aromatic nitrogens is 2. The minimum Gasteiger partial charge on any atom is -0.497 e. The van der Waals surface area contributed by atoms with E-state index in [0.717, 1.165) is 11.3 Å². The predicted octanol–water partition coefficient (Wildman–Crippen LogP) is 5.11. The van der Waals surface area contributed by atoms with Crippen molar-refractivity contribution in [1.29, 1.82) is 0 Å². The van der Waals surface area contributed by atoms with Crippen molar-refractivity contribution in [3.8, 4) is 5.75 Å². The summed E-state index contributed by atoms with van der Waals surface area (Å²) in [6.45, 7) is 1.85. The summed E-state index contributed by atoms with van der Waals surface area (Å²) in [5, 5.41) is 7.49. The van der Waals surface area contributed by atoms with Crippen molar-refractivity contribution in [2.45, 2.75) is 13.3 Å². The van der Waals surface area contributed by atoms with Gasteiger partial charge in [-0.3, -0.25) is 4.68 Å². The summed E-state index contributed by atoms with van der Waals surface area (Å²) in [5.41, 5.74) is 2.37. The van der Waals surface area contributed by atoms with Crippen LogP contribution in [0.3, 0.4) is 0 Å². The van der Waals surface area contributed by atoms with Crippen molar-refractivity contribution in [2.24, 2.45) is 7.05 Å². The van der Waals surface area contributed by atoms with Crippen LogP contribution < -0.4 is 10.1 Å². The van der Waals surface area contributed by atoms with Gasteiger partial charge in [0.25, 0.3) is 0 Å². The number of methoxy groups -OCH3 is 1. The maximum absolute atomic E-state index is 14.4. The quantitative estimate of drug-likeness (QED) is 0.621. The fraction of sp³-hybridized carbons (Fsp3) is 0.211. The van der Waals surface area contributed by atoms with Crippen LogP contribution in [0.2, 0.25) is 0 Å². The predicted molar refractivity (Wildman–Crippen MR) is 101 cm³/mol. The van der Waals surface area contributed by atoms with Gasteiger partial charge in [0.15, 0.2) is 0 Å². The van der Waals surface area contributed by atoms with E-state index < -0.39 is 0 Å². The van der Waals surface area contributed by atoms with Crippen LogP contribution in [0.1, 0.15) is 16.8 Å². The van der Waals surface area contributed by atoms with Crippen molar-refractivity contribution in [1.82, 2.24) is 9.78 Å². The number of para-hydroxylation sites is 1. The second-order valence-corrected chi connectivity index (χ2v) is 6.75. The van der Waals surface area contributed by atoms with E-state index in [1.54, 1.807) is 36.0 Å². The van der Waals surface area contributed by atoms with Crippen molar-refractivity contribution < 1.29 is 13.5 Å². The highest BCUT2D eigenvalue weighted by atomic mass is 79.9. The van der Waals surface area contributed by atoms with Crippen LogP contribution in [0.25, 0.3) is 0 Å². The molecule has 0 saturated heterocycles. The Morgan fingerprint density at radius 2 is 1.96 bits per heavy atom. The molecule has 0 unspecified atom stereocenters. The Bertz CT molecular complexity index is 936. The molecule has 1 aromatic heterocycles. The highest BCUT2D eigenvalue weighted by molar-refractivity contribution is 9.10. The number of anilines is 2. The fourth-order valence-corrected chi connectivity index (χ4v) is 3.24. The van der Waals surface area contributed by atoms with Crippen LogP contribution in [0.15, 0.2) is 40.9 Å². The first kappa shape index (κ1) is 18.4. The Morgan fingerprint density at radius 1 is 1.19 bits per heavy atom. The van der Waals surface area contributed by atoms with Crippen LogP contribution in [-0.4, -0.2) is 16.9 Å². The van der Waals surface area contributed by atoms with E-state index in [1.165, 1.54) is 19.2 Å². The third kappa shape index (κ3) is 3.58. The van der Waals surface area contributed by atoms with Gasteiger partial charge in [0.1, 0.15) is 23.2 Å². The second kappa shape index (κ2) is 7.45. The van der Waals surface area contributed by atoms with Gasteiger partial charge in [-0.25, -0.2) is 8.78 Å². The van der Waals surface area contributed by atoms with Gasteiger partial charge in [0.05, 0.1) is 18.5 Å². The van der Waals surface area contributed by atoms with E-state index in [9.17, 15) is 8.78 Å². The van der Waals surface area contributed by atoms with Gasteiger partial charge in [-0.2, -0.15) is 5.10 Å². The van der Waals surface area contributed by atoms with Crippen molar-refractivity contribution >= 4 is 27.4 Å². The summed E-state index contributed by atoms with van der Waals surface area (Å²) in [5.74, 6) is 0.330. The number of aryl methyl sites for hydroxylation is 2. The van der Waals surface area contributed by atoms with E-state index in [4.69, 9.17) is 4.74 Å². The number of benzene rings is 2. The first-order valence-electron chi connectivity index (χ1n) is 7.96. The van der Waals surface area contributed by atoms with Gasteiger partial charge in [0, 0.05) is 29.6 Å². The minimum absolute atomic E-state index is 0.312. The molecule has 26 heavy (non-hydrogen) atoms. The van der Waals surface area contributed by atoms with Gasteiger partial charge in [-0.15, -0.1) is 0 Å². The normalized spacial score (nSPS) is 10.8. The number of nitrogens with zero attached hydrogens (tertiary/aromatic N) is 2. The lowest BCUT2D eigenvalue weighted by Gasteiger charge is -2.13. The first-order valence-corrected chi connectivity index (χ1v) is 8.76. The van der Waals surface area contributed by atoms with Crippen LogP contribution in [-0.2, 0) is 13.5 Å². The minimum atomic E-state index is -0.389. The zero-order chi connectivity index (χ0) is 18.8. The van der Waals surface area contributed by atoms with Gasteiger partial charge >= 0.3 is 0 Å². The van der Waals surface area contributed by atoms with Gasteiger partial charge < -0.3 is 10.1 Å². The highest BCUT2D eigenvalue weighted by Crippen LogP contribution is 2.32. The summed E-state index contributed by atoms with van der Waals surface area (Å²) >= 11 is 3.35. The summed E-state index contributed by atoms with van der Waals surface area (Å²) in [6.07, 6.45) is 0.323. The van der Waals surface area contributed by atoms with Crippen LogP contribution in [0.5, 0.6) is 5.75 Å². The standard InChI is InChI=1S/C19H18BrF2N3O/c1-11-14(9-12-7-8-13(26-3)10-17(12)22)19(25(2)24-11)23-18-15(20)5-4-6-16(18)21/h4-8,10,23H,9H2,1-3H3. The molecule has 1 N–H and O–H groups in total. The van der Waals surface area contributed by atoms with E-state index in [2.05, 4.69) is 26.3 Å². The average molecular weight is 422 g/mol. The molecular formula is C19H18BrF2N3O. The number of nitrogens with one attached hydrogen (secondary N) is 1. The summed E-state index contributed by atoms with van der Waals surface area (Å²) in [7, 11) is 3.26. The maximum Gasteiger partial charge on any atom is 0.147 e. The molecule has 0 aliphatic heterocycles. The summed E-state index contributed by atoms with van der Waals surface area (Å²) in [6, 6.07) is 9.49. The molecule has 0 aliphatic rings. The smallest absolute Gasteiger partial charge is 0.147 e. The largest absolute Gasteiger partial charge is 0.497 e. The second-order valence-electron chi connectivity index (χ2n) is 5.89. The first-order chi connectivity index (χ1) is 12.4. The molecule has 0 spiro atoms. The molecule has 3 rings (SSSR count). The molecule has 4 nitrogen and oxygen atoms in total. The van der Waals surface area contributed by atoms with Crippen molar-refractivity contribution in [3.05, 3.63) is 69.3 Å². The Morgan fingerprint density at radius 3 is 2.62 bits per heavy atom. The molecular weight excluding hydrogens is 404 g/mol. The average Bonchev–Trinajstić information content (AvgIpc) is 2.86. The van der Waals surface area contributed by atoms with Crippen molar-refractivity contribution in [3.63, 3.8) is 0 Å². The molecule has 0 bridgehead atoms. The maximum atomic E-state index is 14.4. The third-order valence-electron chi connectivity index (χ3n) is 4.18. The SMILES string of the molecule is COc1ccc(Cc2c(C)nn(C)c2Nc2c(F)cccc2Br)c(F)c1. The van der Waals surface area contributed by atoms with E-state index in [-0.39, 0.29) is 11.6 Å². The molecule has 0 aliphatic carbocycles. The van der Waals surface area contributed by atoms with Crippen LogP contribution in [0, 0.1) is 18.6 Å². The molecule has 0 atom stereocenters. The van der Waals surface area contributed by atoms with Gasteiger partial charge in [-0.05, 0) is 46.6 Å². The fourth-order valence-electron chi connectivity index (χ4n) is 2.79. The zero-order valence-corrected chi connectivity index (χ0v) is 16.2. The highest BCUT2D eigenvalue weighted by Gasteiger charge is 2.18. The molecule has 136 valence electrons. The zero-order valence-electron chi connectivity index (χ0n) is 14.6. The van der Waals surface area contributed by atoms with Crippen LogP contribution >= 0.6 is 15.9 Å². The third-order valence-corrected chi connectivity index (χ3v) is 4.84. The summed E-state index contributed by atoms with van der Waals surface area (Å²) in [4.78, 5) is 0. The summed E-state index contributed by atoms with van der Waals surface area (Å²) < 4.78 is 35.8. The lowest BCUT2D eigenvalue weighted by molar-refractivity contribution is 0.411. The molecule has 3 aromatic rings. The molecule has 0 radical (unpaired) electrons. The van der Waals surface area contributed by atoms with Crippen molar-refractivity contribution in [2.75, 3.05) is 12.4 Å². The van der Waals surface area contributed by atoms with Crippen LogP contribution in [0.4, 0.5) is 20.3 Å². The number of hydrogen-bond donors (Lipinski definition) is 1.